The standard InChI is InChI=1S/C13H13ClN2O3/c1-18-10-3-8(4-11(6-10)19-2)13-15-9(7-14)5-12(17)16-13/h3-6H,7H2,1-2H3,(H,15,16,17). The average molecular weight is 281 g/mol. The quantitative estimate of drug-likeness (QED) is 0.872. The summed E-state index contributed by atoms with van der Waals surface area (Å²) in [6, 6.07) is 6.64. The van der Waals surface area contributed by atoms with Crippen molar-refractivity contribution in [2.75, 3.05) is 14.2 Å². The second kappa shape index (κ2) is 5.75. The molecule has 6 heteroatoms. The van der Waals surface area contributed by atoms with Crippen molar-refractivity contribution in [2.45, 2.75) is 5.88 Å². The Hall–Kier alpha value is -2.01. The number of methoxy groups -OCH3 is 2. The fourth-order valence-corrected chi connectivity index (χ4v) is 1.79. The lowest BCUT2D eigenvalue weighted by Gasteiger charge is -2.08. The normalized spacial score (nSPS) is 10.3. The molecule has 1 N–H and O–H groups in total. The van der Waals surface area contributed by atoms with Gasteiger partial charge in [0.15, 0.2) is 0 Å². The third kappa shape index (κ3) is 3.06. The molecule has 0 saturated carbocycles. The zero-order valence-corrected chi connectivity index (χ0v) is 11.3. The van der Waals surface area contributed by atoms with E-state index in [1.807, 2.05) is 0 Å². The second-order valence-electron chi connectivity index (χ2n) is 3.82. The molecule has 5 nitrogen and oxygen atoms in total. The number of alkyl halides is 1. The highest BCUT2D eigenvalue weighted by Crippen LogP contribution is 2.27. The highest BCUT2D eigenvalue weighted by Gasteiger charge is 2.08. The number of nitrogens with zero attached hydrogens (tertiary/aromatic N) is 1. The fraction of sp³-hybridized carbons (Fsp3) is 0.231. The predicted molar refractivity (Wildman–Crippen MR) is 73.0 cm³/mol. The molecular weight excluding hydrogens is 268 g/mol. The third-order valence-corrected chi connectivity index (χ3v) is 2.83. The number of rotatable bonds is 4. The van der Waals surface area contributed by atoms with Gasteiger partial charge < -0.3 is 14.5 Å². The molecular formula is C13H13ClN2O3. The van der Waals surface area contributed by atoms with Crippen LogP contribution in [0.1, 0.15) is 5.69 Å². The number of aromatic amines is 1. The maximum Gasteiger partial charge on any atom is 0.251 e. The zero-order chi connectivity index (χ0) is 13.8. The van der Waals surface area contributed by atoms with Crippen molar-refractivity contribution in [2.24, 2.45) is 0 Å². The molecule has 0 saturated heterocycles. The van der Waals surface area contributed by atoms with Gasteiger partial charge in [0.25, 0.3) is 5.56 Å². The van der Waals surface area contributed by atoms with Gasteiger partial charge in [0.2, 0.25) is 0 Å². The first-order valence-corrected chi connectivity index (χ1v) is 6.09. The number of nitrogens with one attached hydrogen (secondary N) is 1. The van der Waals surface area contributed by atoms with Crippen LogP contribution in [0.4, 0.5) is 0 Å². The van der Waals surface area contributed by atoms with Crippen LogP contribution in [-0.4, -0.2) is 24.2 Å². The first-order valence-electron chi connectivity index (χ1n) is 5.56. The van der Waals surface area contributed by atoms with Crippen LogP contribution < -0.4 is 15.0 Å². The van der Waals surface area contributed by atoms with Gasteiger partial charge in [-0.3, -0.25) is 4.79 Å². The summed E-state index contributed by atoms with van der Waals surface area (Å²) in [5.41, 5.74) is 0.963. The van der Waals surface area contributed by atoms with E-state index >= 15 is 0 Å². The van der Waals surface area contributed by atoms with Gasteiger partial charge >= 0.3 is 0 Å². The van der Waals surface area contributed by atoms with Gasteiger partial charge in [0, 0.05) is 17.7 Å². The summed E-state index contributed by atoms with van der Waals surface area (Å²) < 4.78 is 10.4. The third-order valence-electron chi connectivity index (χ3n) is 2.56. The molecule has 1 heterocycles. The van der Waals surface area contributed by atoms with E-state index in [1.165, 1.54) is 6.07 Å². The minimum atomic E-state index is -0.248. The van der Waals surface area contributed by atoms with Crippen LogP contribution in [0.25, 0.3) is 11.4 Å². The lowest BCUT2D eigenvalue weighted by Crippen LogP contribution is -2.09. The maximum absolute atomic E-state index is 11.5. The largest absolute Gasteiger partial charge is 0.497 e. The molecule has 0 aliphatic rings. The Morgan fingerprint density at radius 1 is 1.16 bits per heavy atom. The Balaban J connectivity index is 2.57. The molecule has 0 amide bonds. The zero-order valence-electron chi connectivity index (χ0n) is 10.6. The molecule has 0 aliphatic carbocycles. The molecule has 0 spiro atoms. The van der Waals surface area contributed by atoms with E-state index in [0.29, 0.717) is 28.6 Å². The van der Waals surface area contributed by atoms with Crippen LogP contribution in [0.3, 0.4) is 0 Å². The summed E-state index contributed by atoms with van der Waals surface area (Å²) in [7, 11) is 3.12. The van der Waals surface area contributed by atoms with E-state index in [1.54, 1.807) is 32.4 Å². The summed E-state index contributed by atoms with van der Waals surface area (Å²) in [5, 5.41) is 0. The first kappa shape index (κ1) is 13.4. The highest BCUT2D eigenvalue weighted by atomic mass is 35.5. The number of ether oxygens (including phenoxy) is 2. The van der Waals surface area contributed by atoms with Gasteiger partial charge in [-0.15, -0.1) is 11.6 Å². The van der Waals surface area contributed by atoms with Crippen LogP contribution in [0, 0.1) is 0 Å². The lowest BCUT2D eigenvalue weighted by molar-refractivity contribution is 0.394. The van der Waals surface area contributed by atoms with Crippen molar-refractivity contribution in [1.82, 2.24) is 9.97 Å². The average Bonchev–Trinajstić information content (AvgIpc) is 2.45. The van der Waals surface area contributed by atoms with Crippen LogP contribution >= 0.6 is 11.6 Å². The second-order valence-corrected chi connectivity index (χ2v) is 4.09. The van der Waals surface area contributed by atoms with Crippen LogP contribution in [0.5, 0.6) is 11.5 Å². The Kier molecular flexibility index (Phi) is 4.06. The summed E-state index contributed by atoms with van der Waals surface area (Å²) >= 11 is 5.71. The Labute approximate surface area is 115 Å². The number of halogens is 1. The molecule has 1 aromatic carbocycles. The Morgan fingerprint density at radius 2 is 1.79 bits per heavy atom. The van der Waals surface area contributed by atoms with Crippen molar-refractivity contribution >= 4 is 11.6 Å². The van der Waals surface area contributed by atoms with Crippen LogP contribution in [0.2, 0.25) is 0 Å². The van der Waals surface area contributed by atoms with Crippen molar-refractivity contribution in [3.8, 4) is 22.9 Å². The maximum atomic E-state index is 11.5. The topological polar surface area (TPSA) is 64.2 Å². The molecule has 0 bridgehead atoms. The number of hydrogen-bond donors (Lipinski definition) is 1. The highest BCUT2D eigenvalue weighted by molar-refractivity contribution is 6.16. The molecule has 0 radical (unpaired) electrons. The van der Waals surface area contributed by atoms with Gasteiger partial charge in [-0.1, -0.05) is 0 Å². The first-order chi connectivity index (χ1) is 9.16. The molecule has 0 unspecified atom stereocenters. The van der Waals surface area contributed by atoms with E-state index in [4.69, 9.17) is 21.1 Å². The Bertz CT molecular complexity index is 618. The van der Waals surface area contributed by atoms with Crippen molar-refractivity contribution in [3.63, 3.8) is 0 Å². The minimum Gasteiger partial charge on any atom is -0.497 e. The molecule has 19 heavy (non-hydrogen) atoms. The molecule has 2 rings (SSSR count). The minimum absolute atomic E-state index is 0.179. The van der Waals surface area contributed by atoms with E-state index in [-0.39, 0.29) is 11.4 Å². The number of benzene rings is 1. The van der Waals surface area contributed by atoms with Crippen LogP contribution in [-0.2, 0) is 5.88 Å². The van der Waals surface area contributed by atoms with Crippen molar-refractivity contribution < 1.29 is 9.47 Å². The summed E-state index contributed by atoms with van der Waals surface area (Å²) in [5.74, 6) is 1.85. The predicted octanol–water partition coefficient (Wildman–Crippen LogP) is 2.19. The number of H-pyrrole nitrogens is 1. The van der Waals surface area contributed by atoms with E-state index in [2.05, 4.69) is 9.97 Å². The van der Waals surface area contributed by atoms with Crippen molar-refractivity contribution in [3.05, 3.63) is 40.3 Å². The number of hydrogen-bond acceptors (Lipinski definition) is 4. The summed E-state index contributed by atoms with van der Waals surface area (Å²) in [4.78, 5) is 18.5. The molecule has 0 aliphatic heterocycles. The van der Waals surface area contributed by atoms with Gasteiger partial charge in [0.1, 0.15) is 17.3 Å². The van der Waals surface area contributed by atoms with Gasteiger partial charge in [-0.25, -0.2) is 4.98 Å². The van der Waals surface area contributed by atoms with Crippen molar-refractivity contribution in [1.29, 1.82) is 0 Å². The SMILES string of the molecule is COc1cc(OC)cc(-c2nc(CCl)cc(=O)[nH]2)c1. The smallest absolute Gasteiger partial charge is 0.251 e. The molecule has 100 valence electrons. The molecule has 1 aromatic heterocycles. The lowest BCUT2D eigenvalue weighted by atomic mass is 10.2. The van der Waals surface area contributed by atoms with Gasteiger partial charge in [-0.05, 0) is 12.1 Å². The molecule has 2 aromatic rings. The van der Waals surface area contributed by atoms with E-state index in [9.17, 15) is 4.79 Å². The molecule has 0 atom stereocenters. The van der Waals surface area contributed by atoms with Gasteiger partial charge in [0.05, 0.1) is 25.8 Å². The monoisotopic (exact) mass is 280 g/mol. The number of aromatic nitrogens is 2. The van der Waals surface area contributed by atoms with Crippen LogP contribution in [0.15, 0.2) is 29.1 Å². The summed E-state index contributed by atoms with van der Waals surface area (Å²) in [6.45, 7) is 0. The fourth-order valence-electron chi connectivity index (χ4n) is 1.66. The van der Waals surface area contributed by atoms with E-state index in [0.717, 1.165) is 0 Å². The van der Waals surface area contributed by atoms with E-state index < -0.39 is 0 Å². The van der Waals surface area contributed by atoms with Gasteiger partial charge in [-0.2, -0.15) is 0 Å². The molecule has 0 fully saturated rings. The summed E-state index contributed by atoms with van der Waals surface area (Å²) in [6.07, 6.45) is 0. The Morgan fingerprint density at radius 3 is 2.32 bits per heavy atom.